The lowest BCUT2D eigenvalue weighted by molar-refractivity contribution is 0.398. The lowest BCUT2D eigenvalue weighted by Gasteiger charge is -2.18. The van der Waals surface area contributed by atoms with Crippen LogP contribution in [0.2, 0.25) is 0 Å². The summed E-state index contributed by atoms with van der Waals surface area (Å²) in [6, 6.07) is 12.4. The Labute approximate surface area is 102 Å². The molecule has 0 bridgehead atoms. The molecule has 2 nitrogen and oxygen atoms in total. The molecule has 1 heterocycles. The van der Waals surface area contributed by atoms with Crippen LogP contribution in [-0.2, 0) is 5.41 Å². The minimum absolute atomic E-state index is 0.108. The number of furan rings is 1. The molecule has 0 spiro atoms. The fourth-order valence-corrected chi connectivity index (χ4v) is 1.68. The summed E-state index contributed by atoms with van der Waals surface area (Å²) in [4.78, 5) is 0. The zero-order valence-corrected chi connectivity index (χ0v) is 10.7. The molecule has 0 fully saturated rings. The first-order chi connectivity index (χ1) is 8.03. The summed E-state index contributed by atoms with van der Waals surface area (Å²) in [6.07, 6.45) is 0. The molecule has 17 heavy (non-hydrogen) atoms. The third-order valence-electron chi connectivity index (χ3n) is 3.12. The lowest BCUT2D eigenvalue weighted by Crippen LogP contribution is -2.27. The topological polar surface area (TPSA) is 39.2 Å². The van der Waals surface area contributed by atoms with Crippen molar-refractivity contribution in [2.75, 3.05) is 6.54 Å². The Morgan fingerprint density at radius 2 is 1.71 bits per heavy atom. The van der Waals surface area contributed by atoms with Gasteiger partial charge in [0.2, 0.25) is 0 Å². The Morgan fingerprint density at radius 3 is 2.29 bits per heavy atom. The molecule has 1 aromatic heterocycles. The van der Waals surface area contributed by atoms with Gasteiger partial charge in [-0.05, 0) is 19.1 Å². The second-order valence-corrected chi connectivity index (χ2v) is 5.12. The largest absolute Gasteiger partial charge is 0.460 e. The van der Waals surface area contributed by atoms with Crippen molar-refractivity contribution in [3.63, 3.8) is 0 Å². The van der Waals surface area contributed by atoms with Gasteiger partial charge in [-0.2, -0.15) is 0 Å². The van der Waals surface area contributed by atoms with Gasteiger partial charge in [-0.25, -0.2) is 0 Å². The first-order valence-electron chi connectivity index (χ1n) is 5.90. The van der Waals surface area contributed by atoms with Crippen molar-refractivity contribution in [3.05, 3.63) is 47.7 Å². The van der Waals surface area contributed by atoms with Gasteiger partial charge < -0.3 is 10.2 Å². The van der Waals surface area contributed by atoms with Crippen LogP contribution in [0.4, 0.5) is 0 Å². The highest BCUT2D eigenvalue weighted by molar-refractivity contribution is 5.58. The zero-order valence-electron chi connectivity index (χ0n) is 10.7. The van der Waals surface area contributed by atoms with Crippen LogP contribution in [0, 0.1) is 6.92 Å². The molecule has 0 radical (unpaired) electrons. The van der Waals surface area contributed by atoms with E-state index < -0.39 is 0 Å². The van der Waals surface area contributed by atoms with Crippen LogP contribution in [-0.4, -0.2) is 6.54 Å². The van der Waals surface area contributed by atoms with Crippen LogP contribution in [0.3, 0.4) is 0 Å². The van der Waals surface area contributed by atoms with Crippen LogP contribution in [0.15, 0.2) is 40.8 Å². The van der Waals surface area contributed by atoms with E-state index in [0.717, 1.165) is 17.1 Å². The number of rotatable bonds is 3. The van der Waals surface area contributed by atoms with Crippen molar-refractivity contribution in [3.8, 4) is 11.3 Å². The van der Waals surface area contributed by atoms with E-state index in [9.17, 15) is 0 Å². The van der Waals surface area contributed by atoms with Crippen molar-refractivity contribution < 1.29 is 4.42 Å². The van der Waals surface area contributed by atoms with Gasteiger partial charge in [0.1, 0.15) is 11.5 Å². The standard InChI is InChI=1S/C15H19NO/c1-11-4-6-12(7-5-11)13-8-9-14(17-13)15(2,3)10-16/h4-9H,10,16H2,1-3H3. The average molecular weight is 229 g/mol. The minimum Gasteiger partial charge on any atom is -0.460 e. The van der Waals surface area contributed by atoms with Crippen LogP contribution >= 0.6 is 0 Å². The van der Waals surface area contributed by atoms with Gasteiger partial charge in [0.15, 0.2) is 0 Å². The highest BCUT2D eigenvalue weighted by Gasteiger charge is 2.22. The maximum Gasteiger partial charge on any atom is 0.134 e. The minimum atomic E-state index is -0.108. The Bertz CT molecular complexity index is 494. The molecule has 0 aliphatic heterocycles. The molecule has 2 rings (SSSR count). The molecule has 1 aromatic carbocycles. The molecule has 2 aromatic rings. The summed E-state index contributed by atoms with van der Waals surface area (Å²) in [6.45, 7) is 6.83. The van der Waals surface area contributed by atoms with Crippen LogP contribution in [0.5, 0.6) is 0 Å². The van der Waals surface area contributed by atoms with E-state index in [1.807, 2.05) is 12.1 Å². The zero-order chi connectivity index (χ0) is 12.5. The smallest absolute Gasteiger partial charge is 0.134 e. The quantitative estimate of drug-likeness (QED) is 0.875. The summed E-state index contributed by atoms with van der Waals surface area (Å²) < 4.78 is 5.89. The van der Waals surface area contributed by atoms with Gasteiger partial charge in [0, 0.05) is 17.5 Å². The van der Waals surface area contributed by atoms with Gasteiger partial charge in [-0.15, -0.1) is 0 Å². The monoisotopic (exact) mass is 229 g/mol. The Morgan fingerprint density at radius 1 is 1.06 bits per heavy atom. The molecular weight excluding hydrogens is 210 g/mol. The van der Waals surface area contributed by atoms with Crippen molar-refractivity contribution in [2.24, 2.45) is 5.73 Å². The van der Waals surface area contributed by atoms with E-state index in [-0.39, 0.29) is 5.41 Å². The molecule has 90 valence electrons. The maximum absolute atomic E-state index is 5.89. The molecule has 0 saturated carbocycles. The summed E-state index contributed by atoms with van der Waals surface area (Å²) in [5.74, 6) is 1.84. The lowest BCUT2D eigenvalue weighted by atomic mass is 9.91. The van der Waals surface area contributed by atoms with E-state index in [1.165, 1.54) is 5.56 Å². The molecule has 2 N–H and O–H groups in total. The predicted molar refractivity (Wildman–Crippen MR) is 71.0 cm³/mol. The molecule has 0 atom stereocenters. The van der Waals surface area contributed by atoms with E-state index in [4.69, 9.17) is 10.2 Å². The van der Waals surface area contributed by atoms with Crippen LogP contribution < -0.4 is 5.73 Å². The van der Waals surface area contributed by atoms with Gasteiger partial charge in [-0.1, -0.05) is 43.7 Å². The molecule has 0 aliphatic rings. The number of hydrogen-bond acceptors (Lipinski definition) is 2. The van der Waals surface area contributed by atoms with Gasteiger partial charge in [0.25, 0.3) is 0 Å². The highest BCUT2D eigenvalue weighted by atomic mass is 16.3. The van der Waals surface area contributed by atoms with E-state index in [2.05, 4.69) is 45.0 Å². The molecule has 0 saturated heterocycles. The third-order valence-corrected chi connectivity index (χ3v) is 3.12. The normalized spacial score (nSPS) is 11.8. The molecule has 2 heteroatoms. The van der Waals surface area contributed by atoms with Crippen molar-refractivity contribution in [2.45, 2.75) is 26.2 Å². The van der Waals surface area contributed by atoms with Crippen molar-refractivity contribution in [1.82, 2.24) is 0 Å². The fraction of sp³-hybridized carbons (Fsp3) is 0.333. The number of hydrogen-bond donors (Lipinski definition) is 1. The van der Waals surface area contributed by atoms with Crippen molar-refractivity contribution in [1.29, 1.82) is 0 Å². The third kappa shape index (κ3) is 2.42. The first-order valence-corrected chi connectivity index (χ1v) is 5.90. The summed E-state index contributed by atoms with van der Waals surface area (Å²) >= 11 is 0. The Balaban J connectivity index is 2.33. The maximum atomic E-state index is 5.89. The number of aryl methyl sites for hydroxylation is 1. The molecule has 0 amide bonds. The molecule has 0 unspecified atom stereocenters. The van der Waals surface area contributed by atoms with E-state index in [1.54, 1.807) is 0 Å². The SMILES string of the molecule is Cc1ccc(-c2ccc(C(C)(C)CN)o2)cc1. The molecule has 0 aliphatic carbocycles. The fourth-order valence-electron chi connectivity index (χ4n) is 1.68. The van der Waals surface area contributed by atoms with Gasteiger partial charge >= 0.3 is 0 Å². The molecular formula is C15H19NO. The van der Waals surface area contributed by atoms with Gasteiger partial charge in [0.05, 0.1) is 0 Å². The van der Waals surface area contributed by atoms with Crippen LogP contribution in [0.1, 0.15) is 25.2 Å². The first kappa shape index (κ1) is 11.9. The summed E-state index contributed by atoms with van der Waals surface area (Å²) in [7, 11) is 0. The summed E-state index contributed by atoms with van der Waals surface area (Å²) in [5, 5.41) is 0. The Hall–Kier alpha value is -1.54. The second kappa shape index (κ2) is 4.38. The van der Waals surface area contributed by atoms with Gasteiger partial charge in [-0.3, -0.25) is 0 Å². The van der Waals surface area contributed by atoms with E-state index >= 15 is 0 Å². The highest BCUT2D eigenvalue weighted by Crippen LogP contribution is 2.29. The van der Waals surface area contributed by atoms with Crippen molar-refractivity contribution >= 4 is 0 Å². The number of benzene rings is 1. The second-order valence-electron chi connectivity index (χ2n) is 5.12. The summed E-state index contributed by atoms with van der Waals surface area (Å²) in [5.41, 5.74) is 8.00. The van der Waals surface area contributed by atoms with E-state index in [0.29, 0.717) is 6.54 Å². The number of nitrogens with two attached hydrogens (primary N) is 1. The average Bonchev–Trinajstić information content (AvgIpc) is 2.80. The van der Waals surface area contributed by atoms with Crippen LogP contribution in [0.25, 0.3) is 11.3 Å². The predicted octanol–water partition coefficient (Wildman–Crippen LogP) is 3.49. The Kier molecular flexibility index (Phi) is 3.07.